The van der Waals surface area contributed by atoms with Crippen LogP contribution in [0.1, 0.15) is 5.56 Å². The van der Waals surface area contributed by atoms with Crippen molar-refractivity contribution in [3.8, 4) is 0 Å². The fourth-order valence-electron chi connectivity index (χ4n) is 1.29. The van der Waals surface area contributed by atoms with E-state index in [1.54, 1.807) is 24.5 Å². The number of anilines is 1. The van der Waals surface area contributed by atoms with E-state index < -0.39 is 10.0 Å². The first-order chi connectivity index (χ1) is 8.50. The first-order valence-corrected chi connectivity index (χ1v) is 7.20. The van der Waals surface area contributed by atoms with Gasteiger partial charge in [0, 0.05) is 26.0 Å². The van der Waals surface area contributed by atoms with Gasteiger partial charge in [-0.15, -0.1) is 10.2 Å². The first kappa shape index (κ1) is 12.9. The summed E-state index contributed by atoms with van der Waals surface area (Å²) in [4.78, 5) is 3.93. The van der Waals surface area contributed by atoms with Crippen molar-refractivity contribution >= 4 is 26.5 Å². The Labute approximate surface area is 108 Å². The topological polar surface area (TPSA) is 102 Å². The molecule has 0 aliphatic carbocycles. The average Bonchev–Trinajstić information content (AvgIpc) is 2.78. The second-order valence-electron chi connectivity index (χ2n) is 3.53. The van der Waals surface area contributed by atoms with Crippen LogP contribution in [0.3, 0.4) is 0 Å². The molecule has 0 bridgehead atoms. The third-order valence-electron chi connectivity index (χ3n) is 2.18. The lowest BCUT2D eigenvalue weighted by molar-refractivity contribution is 0.465. The first-order valence-electron chi connectivity index (χ1n) is 4.94. The second-order valence-corrected chi connectivity index (χ2v) is 6.76. The zero-order valence-corrected chi connectivity index (χ0v) is 11.1. The van der Waals surface area contributed by atoms with Crippen LogP contribution in [0.4, 0.5) is 5.13 Å². The van der Waals surface area contributed by atoms with E-state index in [0.29, 0.717) is 0 Å². The molecule has 0 spiro atoms. The molecule has 96 valence electrons. The summed E-state index contributed by atoms with van der Waals surface area (Å²) in [5, 5.41) is 7.18. The summed E-state index contributed by atoms with van der Waals surface area (Å²) in [6, 6.07) is 3.55. The smallest absolute Gasteiger partial charge is 0.272 e. The van der Waals surface area contributed by atoms with Gasteiger partial charge in [0.05, 0.1) is 0 Å². The van der Waals surface area contributed by atoms with Crippen molar-refractivity contribution in [2.24, 2.45) is 0 Å². The van der Waals surface area contributed by atoms with E-state index in [1.165, 1.54) is 11.4 Å². The van der Waals surface area contributed by atoms with Gasteiger partial charge in [-0.1, -0.05) is 17.4 Å². The van der Waals surface area contributed by atoms with Gasteiger partial charge in [0.25, 0.3) is 10.0 Å². The molecule has 2 rings (SSSR count). The maximum atomic E-state index is 12.1. The number of sulfonamides is 1. The van der Waals surface area contributed by atoms with Crippen LogP contribution in [-0.2, 0) is 16.6 Å². The molecule has 0 aliphatic rings. The molecule has 0 radical (unpaired) electrons. The van der Waals surface area contributed by atoms with Gasteiger partial charge in [-0.3, -0.25) is 4.98 Å². The van der Waals surface area contributed by atoms with Gasteiger partial charge in [-0.2, -0.15) is 4.31 Å². The highest BCUT2D eigenvalue weighted by molar-refractivity contribution is 7.91. The van der Waals surface area contributed by atoms with Gasteiger partial charge >= 0.3 is 0 Å². The van der Waals surface area contributed by atoms with E-state index in [9.17, 15) is 8.42 Å². The summed E-state index contributed by atoms with van der Waals surface area (Å²) in [5.41, 5.74) is 6.17. The number of nitrogen functional groups attached to an aromatic ring is 1. The Hall–Kier alpha value is -1.58. The molecular weight excluding hydrogens is 274 g/mol. The van der Waals surface area contributed by atoms with Crippen molar-refractivity contribution in [3.05, 3.63) is 30.1 Å². The Morgan fingerprint density at radius 1 is 1.44 bits per heavy atom. The molecule has 0 unspecified atom stereocenters. The van der Waals surface area contributed by atoms with Crippen molar-refractivity contribution in [1.82, 2.24) is 19.5 Å². The molecule has 18 heavy (non-hydrogen) atoms. The number of pyridine rings is 1. The van der Waals surface area contributed by atoms with Crippen molar-refractivity contribution in [2.45, 2.75) is 10.9 Å². The highest BCUT2D eigenvalue weighted by Gasteiger charge is 2.25. The van der Waals surface area contributed by atoms with Gasteiger partial charge in [-0.05, 0) is 11.6 Å². The van der Waals surface area contributed by atoms with Crippen LogP contribution in [-0.4, -0.2) is 35.0 Å². The molecule has 0 saturated heterocycles. The number of aromatic nitrogens is 3. The molecule has 2 N–H and O–H groups in total. The van der Waals surface area contributed by atoms with E-state index in [0.717, 1.165) is 16.9 Å². The van der Waals surface area contributed by atoms with Gasteiger partial charge < -0.3 is 5.73 Å². The van der Waals surface area contributed by atoms with E-state index in [-0.39, 0.29) is 16.0 Å². The lowest BCUT2D eigenvalue weighted by atomic mass is 10.3. The molecule has 0 aromatic carbocycles. The molecule has 0 saturated carbocycles. The summed E-state index contributed by atoms with van der Waals surface area (Å²) in [7, 11) is -2.17. The van der Waals surface area contributed by atoms with Crippen LogP contribution in [0, 0.1) is 0 Å². The van der Waals surface area contributed by atoms with Crippen LogP contribution >= 0.6 is 11.3 Å². The summed E-state index contributed by atoms with van der Waals surface area (Å²) in [6.45, 7) is 0.218. The molecule has 0 fully saturated rings. The van der Waals surface area contributed by atoms with E-state index in [2.05, 4.69) is 15.2 Å². The van der Waals surface area contributed by atoms with Crippen LogP contribution in [0.25, 0.3) is 0 Å². The standard InChI is InChI=1S/C9H11N5O2S2/c1-14(6-7-3-2-4-11-5-7)18(15,16)9-13-12-8(10)17-9/h2-5H,6H2,1H3,(H2,10,12). The summed E-state index contributed by atoms with van der Waals surface area (Å²) in [5.74, 6) is 0. The monoisotopic (exact) mass is 285 g/mol. The fraction of sp³-hybridized carbons (Fsp3) is 0.222. The minimum Gasteiger partial charge on any atom is -0.374 e. The Kier molecular flexibility index (Phi) is 3.55. The SMILES string of the molecule is CN(Cc1cccnc1)S(=O)(=O)c1nnc(N)s1. The largest absolute Gasteiger partial charge is 0.374 e. The third kappa shape index (κ3) is 2.63. The number of nitrogens with two attached hydrogens (primary N) is 1. The molecule has 2 aromatic heterocycles. The number of rotatable bonds is 4. The predicted molar refractivity (Wildman–Crippen MR) is 67.2 cm³/mol. The summed E-state index contributed by atoms with van der Waals surface area (Å²) in [6.07, 6.45) is 3.24. The molecule has 0 atom stereocenters. The van der Waals surface area contributed by atoms with E-state index in [4.69, 9.17) is 5.73 Å². The lowest BCUT2D eigenvalue weighted by Crippen LogP contribution is -2.26. The van der Waals surface area contributed by atoms with Gasteiger partial charge in [0.15, 0.2) is 0 Å². The normalized spacial score (nSPS) is 11.9. The summed E-state index contributed by atoms with van der Waals surface area (Å²) >= 11 is 0.844. The van der Waals surface area contributed by atoms with Crippen molar-refractivity contribution in [3.63, 3.8) is 0 Å². The molecular formula is C9H11N5O2S2. The maximum absolute atomic E-state index is 12.1. The zero-order chi connectivity index (χ0) is 13.2. The van der Waals surface area contributed by atoms with Crippen LogP contribution in [0.5, 0.6) is 0 Å². The summed E-state index contributed by atoms with van der Waals surface area (Å²) < 4.78 is 25.3. The Morgan fingerprint density at radius 3 is 2.78 bits per heavy atom. The number of hydrogen-bond acceptors (Lipinski definition) is 7. The van der Waals surface area contributed by atoms with Crippen LogP contribution in [0.15, 0.2) is 28.9 Å². The van der Waals surface area contributed by atoms with E-state index in [1.807, 2.05) is 0 Å². The molecule has 0 amide bonds. The Balaban J connectivity index is 2.21. The van der Waals surface area contributed by atoms with E-state index >= 15 is 0 Å². The molecule has 9 heteroatoms. The molecule has 2 heterocycles. The maximum Gasteiger partial charge on any atom is 0.272 e. The fourth-order valence-corrected chi connectivity index (χ4v) is 3.42. The Morgan fingerprint density at radius 2 is 2.22 bits per heavy atom. The highest BCUT2D eigenvalue weighted by Crippen LogP contribution is 2.21. The van der Waals surface area contributed by atoms with Gasteiger partial charge in [0.1, 0.15) is 0 Å². The third-order valence-corrected chi connectivity index (χ3v) is 5.08. The molecule has 2 aromatic rings. The average molecular weight is 285 g/mol. The molecule has 0 aliphatic heterocycles. The van der Waals surface area contributed by atoms with Crippen LogP contribution < -0.4 is 5.73 Å². The number of nitrogens with zero attached hydrogens (tertiary/aromatic N) is 4. The predicted octanol–water partition coefficient (Wildman–Crippen LogP) is 0.336. The second kappa shape index (κ2) is 4.96. The Bertz CT molecular complexity index is 625. The highest BCUT2D eigenvalue weighted by atomic mass is 32.2. The van der Waals surface area contributed by atoms with Gasteiger partial charge in [-0.25, -0.2) is 8.42 Å². The lowest BCUT2D eigenvalue weighted by Gasteiger charge is -2.14. The van der Waals surface area contributed by atoms with Crippen molar-refractivity contribution in [2.75, 3.05) is 12.8 Å². The molecule has 7 nitrogen and oxygen atoms in total. The minimum atomic E-state index is -3.65. The van der Waals surface area contributed by atoms with Crippen molar-refractivity contribution < 1.29 is 8.42 Å². The van der Waals surface area contributed by atoms with Crippen molar-refractivity contribution in [1.29, 1.82) is 0 Å². The number of hydrogen-bond donors (Lipinski definition) is 1. The quantitative estimate of drug-likeness (QED) is 0.868. The minimum absolute atomic E-state index is 0.105. The zero-order valence-electron chi connectivity index (χ0n) is 9.52. The van der Waals surface area contributed by atoms with Crippen LogP contribution in [0.2, 0.25) is 0 Å². The van der Waals surface area contributed by atoms with Gasteiger partial charge in [0.2, 0.25) is 9.47 Å².